The summed E-state index contributed by atoms with van der Waals surface area (Å²) in [6.45, 7) is 8.28. The van der Waals surface area contributed by atoms with Crippen molar-refractivity contribution in [2.24, 2.45) is 11.3 Å². The zero-order valence-electron chi connectivity index (χ0n) is 8.14. The van der Waals surface area contributed by atoms with Gasteiger partial charge in [0.25, 0.3) is 0 Å². The molecular formula is C9H17CoO2+. The number of hydrogen-bond acceptors (Lipinski definition) is 2. The number of carboxylic acid groups (broad SMARTS) is 1. The van der Waals surface area contributed by atoms with E-state index in [9.17, 15) is 9.90 Å². The molecule has 2 nitrogen and oxygen atoms in total. The van der Waals surface area contributed by atoms with Gasteiger partial charge >= 0.3 is 16.8 Å². The molecule has 0 aliphatic heterocycles. The molecule has 1 radical (unpaired) electrons. The van der Waals surface area contributed by atoms with Crippen molar-refractivity contribution < 1.29 is 26.7 Å². The fourth-order valence-corrected chi connectivity index (χ4v) is 1.40. The Kier molecular flexibility index (Phi) is 6.76. The Bertz CT molecular complexity index is 138. The Labute approximate surface area is 84.9 Å². The predicted octanol–water partition coefficient (Wildman–Crippen LogP) is 1.20. The molecule has 73 valence electrons. The molecule has 1 unspecified atom stereocenters. The van der Waals surface area contributed by atoms with E-state index in [4.69, 9.17) is 0 Å². The molecule has 0 saturated carbocycles. The van der Waals surface area contributed by atoms with Crippen LogP contribution in [0.5, 0.6) is 0 Å². The van der Waals surface area contributed by atoms with Crippen LogP contribution < -0.4 is 5.11 Å². The third-order valence-electron chi connectivity index (χ3n) is 1.48. The quantitative estimate of drug-likeness (QED) is 0.711. The molecule has 0 aromatic rings. The van der Waals surface area contributed by atoms with E-state index in [2.05, 4.69) is 20.8 Å². The SMILES string of the molecule is CC(CC(=O)[O-])CC(C)(C)C.[Co+2]. The first-order valence-electron chi connectivity index (χ1n) is 4.01. The summed E-state index contributed by atoms with van der Waals surface area (Å²) >= 11 is 0. The summed E-state index contributed by atoms with van der Waals surface area (Å²) in [7, 11) is 0. The van der Waals surface area contributed by atoms with Crippen LogP contribution in [0.15, 0.2) is 0 Å². The largest absolute Gasteiger partial charge is 2.00 e. The van der Waals surface area contributed by atoms with Gasteiger partial charge in [0.1, 0.15) is 0 Å². The minimum Gasteiger partial charge on any atom is -0.550 e. The van der Waals surface area contributed by atoms with Crippen LogP contribution in [0.2, 0.25) is 0 Å². The molecule has 0 rings (SSSR count). The molecule has 0 bridgehead atoms. The summed E-state index contributed by atoms with van der Waals surface area (Å²) in [6, 6.07) is 0. The van der Waals surface area contributed by atoms with E-state index in [1.807, 2.05) is 6.92 Å². The molecule has 0 aromatic heterocycles. The Morgan fingerprint density at radius 1 is 1.42 bits per heavy atom. The second-order valence-electron chi connectivity index (χ2n) is 4.45. The number of hydrogen-bond donors (Lipinski definition) is 0. The molecule has 0 amide bonds. The van der Waals surface area contributed by atoms with Crippen molar-refractivity contribution in [1.29, 1.82) is 0 Å². The average Bonchev–Trinajstić information content (AvgIpc) is 1.53. The van der Waals surface area contributed by atoms with E-state index in [-0.39, 0.29) is 34.5 Å². The van der Waals surface area contributed by atoms with Crippen LogP contribution in [-0.2, 0) is 21.6 Å². The molecule has 0 aliphatic rings. The molecular weight excluding hydrogens is 199 g/mol. The standard InChI is InChI=1S/C9H18O2.Co/c1-7(5-8(10)11)6-9(2,3)4;/h7H,5-6H2,1-4H3,(H,10,11);/q;+2/p-1. The first-order valence-corrected chi connectivity index (χ1v) is 4.01. The molecule has 0 heterocycles. The molecule has 0 fully saturated rings. The van der Waals surface area contributed by atoms with Gasteiger partial charge in [-0.25, -0.2) is 0 Å². The van der Waals surface area contributed by atoms with Gasteiger partial charge in [-0.05, 0) is 24.2 Å². The van der Waals surface area contributed by atoms with Crippen molar-refractivity contribution in [2.75, 3.05) is 0 Å². The second-order valence-corrected chi connectivity index (χ2v) is 4.45. The zero-order valence-corrected chi connectivity index (χ0v) is 9.18. The number of rotatable bonds is 3. The van der Waals surface area contributed by atoms with E-state index in [1.165, 1.54) is 0 Å². The molecule has 0 saturated heterocycles. The van der Waals surface area contributed by atoms with Gasteiger partial charge in [0.2, 0.25) is 0 Å². The zero-order chi connectivity index (χ0) is 9.07. The second kappa shape index (κ2) is 5.59. The summed E-state index contributed by atoms with van der Waals surface area (Å²) in [6.07, 6.45) is 1.11. The van der Waals surface area contributed by atoms with E-state index >= 15 is 0 Å². The number of carbonyl (C=O) groups excluding carboxylic acids is 1. The van der Waals surface area contributed by atoms with Crippen LogP contribution in [0.1, 0.15) is 40.5 Å². The monoisotopic (exact) mass is 216 g/mol. The summed E-state index contributed by atoms with van der Waals surface area (Å²) < 4.78 is 0. The predicted molar refractivity (Wildman–Crippen MR) is 42.9 cm³/mol. The van der Waals surface area contributed by atoms with Gasteiger partial charge in [-0.2, -0.15) is 0 Å². The number of carbonyl (C=O) groups is 1. The Balaban J connectivity index is 0. The Morgan fingerprint density at radius 2 is 1.83 bits per heavy atom. The molecule has 3 heteroatoms. The summed E-state index contributed by atoms with van der Waals surface area (Å²) in [5, 5.41) is 10.2. The molecule has 0 aromatic carbocycles. The van der Waals surface area contributed by atoms with Gasteiger partial charge in [-0.15, -0.1) is 0 Å². The van der Waals surface area contributed by atoms with Crippen molar-refractivity contribution in [3.8, 4) is 0 Å². The van der Waals surface area contributed by atoms with Crippen LogP contribution in [0, 0.1) is 11.3 Å². The topological polar surface area (TPSA) is 40.1 Å². The van der Waals surface area contributed by atoms with Crippen LogP contribution >= 0.6 is 0 Å². The van der Waals surface area contributed by atoms with Crippen LogP contribution in [0.25, 0.3) is 0 Å². The smallest absolute Gasteiger partial charge is 0.550 e. The maximum Gasteiger partial charge on any atom is 2.00 e. The maximum absolute atomic E-state index is 10.2. The van der Waals surface area contributed by atoms with Gasteiger partial charge in [0.05, 0.1) is 0 Å². The van der Waals surface area contributed by atoms with E-state index in [0.717, 1.165) is 6.42 Å². The normalized spacial score (nSPS) is 13.3. The van der Waals surface area contributed by atoms with Crippen LogP contribution in [0.4, 0.5) is 0 Å². The van der Waals surface area contributed by atoms with Crippen molar-refractivity contribution >= 4 is 5.97 Å². The van der Waals surface area contributed by atoms with E-state index < -0.39 is 5.97 Å². The molecule has 0 aliphatic carbocycles. The minimum atomic E-state index is -0.943. The average molecular weight is 216 g/mol. The van der Waals surface area contributed by atoms with Gasteiger partial charge < -0.3 is 9.90 Å². The van der Waals surface area contributed by atoms with Gasteiger partial charge in [-0.3, -0.25) is 0 Å². The molecule has 0 N–H and O–H groups in total. The fourth-order valence-electron chi connectivity index (χ4n) is 1.40. The Hall–Kier alpha value is -0.0235. The minimum absolute atomic E-state index is 0. The van der Waals surface area contributed by atoms with Crippen molar-refractivity contribution in [1.82, 2.24) is 0 Å². The molecule has 0 spiro atoms. The molecule has 12 heavy (non-hydrogen) atoms. The first kappa shape index (κ1) is 14.5. The summed E-state index contributed by atoms with van der Waals surface area (Å²) in [5.74, 6) is -0.721. The van der Waals surface area contributed by atoms with Gasteiger partial charge in [-0.1, -0.05) is 27.7 Å². The van der Waals surface area contributed by atoms with Crippen LogP contribution in [-0.4, -0.2) is 5.97 Å². The van der Waals surface area contributed by atoms with Crippen molar-refractivity contribution in [3.63, 3.8) is 0 Å². The third-order valence-corrected chi connectivity index (χ3v) is 1.48. The van der Waals surface area contributed by atoms with Crippen molar-refractivity contribution in [2.45, 2.75) is 40.5 Å². The first-order chi connectivity index (χ1) is 4.81. The number of aliphatic carboxylic acids is 1. The third kappa shape index (κ3) is 9.98. The van der Waals surface area contributed by atoms with Gasteiger partial charge in [0, 0.05) is 5.97 Å². The summed E-state index contributed by atoms with van der Waals surface area (Å²) in [4.78, 5) is 10.2. The Morgan fingerprint density at radius 3 is 2.08 bits per heavy atom. The number of carboxylic acids is 1. The van der Waals surface area contributed by atoms with Crippen molar-refractivity contribution in [3.05, 3.63) is 0 Å². The van der Waals surface area contributed by atoms with Gasteiger partial charge in [0.15, 0.2) is 0 Å². The fraction of sp³-hybridized carbons (Fsp3) is 0.889. The van der Waals surface area contributed by atoms with E-state index in [1.54, 1.807) is 0 Å². The molecule has 1 atom stereocenters. The van der Waals surface area contributed by atoms with E-state index in [0.29, 0.717) is 0 Å². The maximum atomic E-state index is 10.2. The summed E-state index contributed by atoms with van der Waals surface area (Å²) in [5.41, 5.74) is 0.217. The van der Waals surface area contributed by atoms with Crippen LogP contribution in [0.3, 0.4) is 0 Å².